The average molecular weight is 469 g/mol. The van der Waals surface area contributed by atoms with Gasteiger partial charge in [0.2, 0.25) is 0 Å². The Morgan fingerprint density at radius 2 is 1.42 bits per heavy atom. The van der Waals surface area contributed by atoms with Crippen molar-refractivity contribution in [2.24, 2.45) is 0 Å². The molecule has 0 aliphatic rings. The van der Waals surface area contributed by atoms with Crippen LogP contribution in [0.15, 0.2) is 24.3 Å². The van der Waals surface area contributed by atoms with Gasteiger partial charge in [-0.1, -0.05) is 12.1 Å². The van der Waals surface area contributed by atoms with Crippen LogP contribution in [0, 0.1) is 0 Å². The number of hydrogen-bond acceptors (Lipinski definition) is 7. The van der Waals surface area contributed by atoms with Crippen molar-refractivity contribution < 1.29 is 44.8 Å². The van der Waals surface area contributed by atoms with E-state index < -0.39 is 50.7 Å². The minimum Gasteiger partial charge on any atom is -0.458 e. The maximum Gasteiger partial charge on any atom is 0.534 e. The number of carbonyl (C=O) groups is 2. The van der Waals surface area contributed by atoms with Crippen LogP contribution in [-0.4, -0.2) is 43.2 Å². The second-order valence-electron chi connectivity index (χ2n) is 8.56. The quantitative estimate of drug-likeness (QED) is 0.385. The van der Waals surface area contributed by atoms with Crippen molar-refractivity contribution in [1.82, 2.24) is 5.32 Å². The van der Waals surface area contributed by atoms with Gasteiger partial charge >= 0.3 is 27.7 Å². The third kappa shape index (κ3) is 9.45. The maximum atomic E-state index is 12.5. The van der Waals surface area contributed by atoms with Crippen LogP contribution in [0.1, 0.15) is 47.1 Å². The molecule has 0 saturated heterocycles. The highest BCUT2D eigenvalue weighted by Gasteiger charge is 2.48. The highest BCUT2D eigenvalue weighted by molar-refractivity contribution is 7.88. The first-order chi connectivity index (χ1) is 13.8. The molecule has 1 amide bonds. The summed E-state index contributed by atoms with van der Waals surface area (Å²) in [4.78, 5) is 24.6. The molecule has 31 heavy (non-hydrogen) atoms. The fourth-order valence-electron chi connectivity index (χ4n) is 2.11. The summed E-state index contributed by atoms with van der Waals surface area (Å²) in [6, 6.07) is 3.35. The summed E-state index contributed by atoms with van der Waals surface area (Å²) < 4.78 is 73.9. The lowest BCUT2D eigenvalue weighted by atomic mass is 10.1. The van der Waals surface area contributed by atoms with Crippen LogP contribution in [0.3, 0.4) is 0 Å². The van der Waals surface area contributed by atoms with Gasteiger partial charge in [-0.25, -0.2) is 9.59 Å². The fraction of sp³-hybridized carbons (Fsp3) is 0.579. The van der Waals surface area contributed by atoms with Crippen LogP contribution in [0.2, 0.25) is 0 Å². The molecule has 0 fully saturated rings. The smallest absolute Gasteiger partial charge is 0.458 e. The standard InChI is InChI=1S/C19H26F3NO7S/c1-17(2,3)28-15(24)14(23-16(25)29-18(4,5)6)11-12-7-9-13(10-8-12)30-31(26,27)19(20,21)22/h7-10,14H,11H2,1-6H3,(H,23,25)/t14-/m1/s1. The monoisotopic (exact) mass is 469 g/mol. The van der Waals surface area contributed by atoms with Crippen LogP contribution in [0.5, 0.6) is 5.75 Å². The molecule has 0 spiro atoms. The van der Waals surface area contributed by atoms with Gasteiger partial charge in [-0.15, -0.1) is 0 Å². The molecule has 176 valence electrons. The van der Waals surface area contributed by atoms with Crippen LogP contribution < -0.4 is 9.50 Å². The molecule has 1 aromatic carbocycles. The van der Waals surface area contributed by atoms with Gasteiger partial charge in [0.1, 0.15) is 23.0 Å². The molecule has 12 heteroatoms. The number of halogens is 3. The summed E-state index contributed by atoms with van der Waals surface area (Å²) in [7, 11) is -5.80. The Morgan fingerprint density at radius 1 is 0.935 bits per heavy atom. The van der Waals surface area contributed by atoms with E-state index in [4.69, 9.17) is 9.47 Å². The Bertz CT molecular complexity index is 883. The number of ether oxygens (including phenoxy) is 2. The first-order valence-corrected chi connectivity index (χ1v) is 10.5. The lowest BCUT2D eigenvalue weighted by Crippen LogP contribution is -2.47. The van der Waals surface area contributed by atoms with Crippen molar-refractivity contribution in [3.8, 4) is 5.75 Å². The minimum atomic E-state index is -5.80. The van der Waals surface area contributed by atoms with Gasteiger partial charge < -0.3 is 19.0 Å². The molecule has 0 aromatic heterocycles. The molecule has 0 aliphatic carbocycles. The zero-order valence-electron chi connectivity index (χ0n) is 18.0. The van der Waals surface area contributed by atoms with Crippen LogP contribution in [-0.2, 0) is 30.8 Å². The number of amides is 1. The second kappa shape index (κ2) is 9.33. The molecule has 0 bridgehead atoms. The van der Waals surface area contributed by atoms with E-state index in [0.717, 1.165) is 12.1 Å². The highest BCUT2D eigenvalue weighted by Crippen LogP contribution is 2.27. The van der Waals surface area contributed by atoms with E-state index in [9.17, 15) is 31.2 Å². The molecule has 1 atom stereocenters. The largest absolute Gasteiger partial charge is 0.534 e. The summed E-state index contributed by atoms with van der Waals surface area (Å²) in [5.74, 6) is -1.31. The van der Waals surface area contributed by atoms with Gasteiger partial charge in [-0.2, -0.15) is 21.6 Å². The third-order valence-corrected chi connectivity index (χ3v) is 4.21. The molecule has 8 nitrogen and oxygen atoms in total. The Kier molecular flexibility index (Phi) is 7.98. The highest BCUT2D eigenvalue weighted by atomic mass is 32.2. The minimum absolute atomic E-state index is 0.0968. The molecular weight excluding hydrogens is 443 g/mol. The molecule has 0 heterocycles. The Hall–Kier alpha value is -2.50. The number of nitrogens with one attached hydrogen (secondary N) is 1. The van der Waals surface area contributed by atoms with Gasteiger partial charge in [0.05, 0.1) is 0 Å². The summed E-state index contributed by atoms with van der Waals surface area (Å²) in [5, 5.41) is 2.41. The average Bonchev–Trinajstić information content (AvgIpc) is 2.51. The number of benzene rings is 1. The molecule has 0 radical (unpaired) electrons. The number of carbonyl (C=O) groups excluding carboxylic acids is 2. The van der Waals surface area contributed by atoms with E-state index in [-0.39, 0.29) is 6.42 Å². The van der Waals surface area contributed by atoms with Gasteiger partial charge in [-0.3, -0.25) is 0 Å². The Morgan fingerprint density at radius 3 is 1.84 bits per heavy atom. The predicted molar refractivity (Wildman–Crippen MR) is 105 cm³/mol. The van der Waals surface area contributed by atoms with Crippen molar-refractivity contribution in [2.45, 2.75) is 70.7 Å². The van der Waals surface area contributed by atoms with Crippen molar-refractivity contribution in [1.29, 1.82) is 0 Å². The molecule has 0 unspecified atom stereocenters. The Balaban J connectivity index is 3.00. The summed E-state index contributed by atoms with van der Waals surface area (Å²) in [5.41, 5.74) is -6.83. The normalized spacial score (nSPS) is 13.8. The van der Waals surface area contributed by atoms with Gasteiger partial charge in [-0.05, 0) is 59.2 Å². The molecule has 1 rings (SSSR count). The van der Waals surface area contributed by atoms with E-state index in [2.05, 4.69) is 9.50 Å². The van der Waals surface area contributed by atoms with E-state index in [0.29, 0.717) is 5.56 Å². The lowest BCUT2D eigenvalue weighted by molar-refractivity contribution is -0.157. The zero-order valence-corrected chi connectivity index (χ0v) is 18.8. The molecule has 1 N–H and O–H groups in total. The third-order valence-electron chi connectivity index (χ3n) is 3.23. The molecule has 0 saturated carbocycles. The van der Waals surface area contributed by atoms with Gasteiger partial charge in [0.25, 0.3) is 0 Å². The lowest BCUT2D eigenvalue weighted by Gasteiger charge is -2.26. The molecule has 0 aliphatic heterocycles. The van der Waals surface area contributed by atoms with E-state index >= 15 is 0 Å². The van der Waals surface area contributed by atoms with E-state index in [1.807, 2.05) is 0 Å². The van der Waals surface area contributed by atoms with Gasteiger partial charge in [0, 0.05) is 6.42 Å². The molecule has 1 aromatic rings. The predicted octanol–water partition coefficient (Wildman–Crippen LogP) is 3.69. The van der Waals surface area contributed by atoms with Crippen LogP contribution >= 0.6 is 0 Å². The topological polar surface area (TPSA) is 108 Å². The number of hydrogen-bond donors (Lipinski definition) is 1. The maximum absolute atomic E-state index is 12.5. The first-order valence-electron chi connectivity index (χ1n) is 9.11. The number of esters is 1. The molecular formula is C19H26F3NO7S. The van der Waals surface area contributed by atoms with Crippen molar-refractivity contribution in [3.05, 3.63) is 29.8 Å². The van der Waals surface area contributed by atoms with Crippen LogP contribution in [0.4, 0.5) is 18.0 Å². The SMILES string of the molecule is CC(C)(C)OC(=O)N[C@H](Cc1ccc(OS(=O)(=O)C(F)(F)F)cc1)C(=O)OC(C)(C)C. The first kappa shape index (κ1) is 26.5. The van der Waals surface area contributed by atoms with Crippen molar-refractivity contribution in [2.75, 3.05) is 0 Å². The summed E-state index contributed by atoms with van der Waals surface area (Å²) >= 11 is 0. The zero-order chi connectivity index (χ0) is 24.3. The van der Waals surface area contributed by atoms with Crippen molar-refractivity contribution in [3.63, 3.8) is 0 Å². The summed E-state index contributed by atoms with van der Waals surface area (Å²) in [6.07, 6.45) is -0.958. The summed E-state index contributed by atoms with van der Waals surface area (Å²) in [6.45, 7) is 9.85. The van der Waals surface area contributed by atoms with Crippen LogP contribution in [0.25, 0.3) is 0 Å². The number of alkyl carbamates (subject to hydrolysis) is 1. The van der Waals surface area contributed by atoms with E-state index in [1.54, 1.807) is 41.5 Å². The number of rotatable bonds is 6. The Labute approximate surface area is 179 Å². The second-order valence-corrected chi connectivity index (χ2v) is 10.1. The van der Waals surface area contributed by atoms with E-state index in [1.165, 1.54) is 12.1 Å². The number of alkyl halides is 3. The fourth-order valence-corrected chi connectivity index (χ4v) is 2.57. The van der Waals surface area contributed by atoms with Crippen molar-refractivity contribution >= 4 is 22.2 Å². The van der Waals surface area contributed by atoms with Gasteiger partial charge in [0.15, 0.2) is 0 Å².